The predicted octanol–water partition coefficient (Wildman–Crippen LogP) is 0.907. The number of aliphatic imine (C=N–C) groups is 1. The molecule has 3 heteroatoms. The molecule has 0 aromatic rings. The van der Waals surface area contributed by atoms with Crippen molar-refractivity contribution >= 4 is 5.96 Å². The van der Waals surface area contributed by atoms with Gasteiger partial charge in [-0.1, -0.05) is 13.8 Å². The monoisotopic (exact) mass is 157 g/mol. The molecule has 0 saturated carbocycles. The Kier molecular flexibility index (Phi) is 3.93. The van der Waals surface area contributed by atoms with Crippen molar-refractivity contribution in [1.29, 1.82) is 0 Å². The minimum atomic E-state index is 0.443. The molecule has 0 bridgehead atoms. The standard InChI is InChI=1S/C8H19N3/c1-6(2)7(3)11(5)8(9)10-4/h6-7H,1-5H3,(H2,9,10). The quantitative estimate of drug-likeness (QED) is 0.478. The first-order valence-corrected chi connectivity index (χ1v) is 3.95. The molecule has 0 fully saturated rings. The van der Waals surface area contributed by atoms with Crippen LogP contribution in [0.4, 0.5) is 0 Å². The van der Waals surface area contributed by atoms with Crippen LogP contribution in [-0.4, -0.2) is 31.0 Å². The Balaban J connectivity index is 4.13. The van der Waals surface area contributed by atoms with Gasteiger partial charge in [0.05, 0.1) is 0 Å². The highest BCUT2D eigenvalue weighted by atomic mass is 15.2. The van der Waals surface area contributed by atoms with Crippen molar-refractivity contribution < 1.29 is 0 Å². The van der Waals surface area contributed by atoms with Crippen LogP contribution in [0.15, 0.2) is 4.99 Å². The summed E-state index contributed by atoms with van der Waals surface area (Å²) in [5, 5.41) is 0. The average molecular weight is 157 g/mol. The van der Waals surface area contributed by atoms with Crippen LogP contribution in [0.1, 0.15) is 20.8 Å². The third-order valence-corrected chi connectivity index (χ3v) is 2.17. The van der Waals surface area contributed by atoms with Gasteiger partial charge in [-0.15, -0.1) is 0 Å². The van der Waals surface area contributed by atoms with Gasteiger partial charge < -0.3 is 10.6 Å². The summed E-state index contributed by atoms with van der Waals surface area (Å²) >= 11 is 0. The smallest absolute Gasteiger partial charge is 0.190 e. The number of rotatable bonds is 2. The highest BCUT2D eigenvalue weighted by Gasteiger charge is 2.13. The van der Waals surface area contributed by atoms with Crippen molar-refractivity contribution in [3.05, 3.63) is 0 Å². The Morgan fingerprint density at radius 1 is 1.36 bits per heavy atom. The van der Waals surface area contributed by atoms with E-state index in [0.29, 0.717) is 17.9 Å². The summed E-state index contributed by atoms with van der Waals surface area (Å²) in [4.78, 5) is 5.90. The van der Waals surface area contributed by atoms with E-state index in [1.807, 2.05) is 11.9 Å². The first-order chi connectivity index (χ1) is 5.00. The zero-order valence-corrected chi connectivity index (χ0v) is 8.13. The number of guanidine groups is 1. The van der Waals surface area contributed by atoms with Crippen LogP contribution in [-0.2, 0) is 0 Å². The summed E-state index contributed by atoms with van der Waals surface area (Å²) in [5.41, 5.74) is 5.63. The van der Waals surface area contributed by atoms with E-state index in [1.165, 1.54) is 0 Å². The molecule has 1 unspecified atom stereocenters. The van der Waals surface area contributed by atoms with E-state index in [1.54, 1.807) is 7.05 Å². The summed E-state index contributed by atoms with van der Waals surface area (Å²) < 4.78 is 0. The van der Waals surface area contributed by atoms with E-state index < -0.39 is 0 Å². The first kappa shape index (κ1) is 10.3. The fourth-order valence-electron chi connectivity index (χ4n) is 0.814. The highest BCUT2D eigenvalue weighted by Crippen LogP contribution is 2.06. The topological polar surface area (TPSA) is 41.6 Å². The lowest BCUT2D eigenvalue weighted by Crippen LogP contribution is -2.42. The van der Waals surface area contributed by atoms with Crippen LogP contribution in [0.2, 0.25) is 0 Å². The van der Waals surface area contributed by atoms with E-state index in [0.717, 1.165) is 0 Å². The van der Waals surface area contributed by atoms with Crippen LogP contribution in [0.25, 0.3) is 0 Å². The van der Waals surface area contributed by atoms with Crippen molar-refractivity contribution in [3.8, 4) is 0 Å². The summed E-state index contributed by atoms with van der Waals surface area (Å²) in [5.74, 6) is 1.20. The second-order valence-electron chi connectivity index (χ2n) is 3.18. The third-order valence-electron chi connectivity index (χ3n) is 2.17. The minimum Gasteiger partial charge on any atom is -0.370 e. The van der Waals surface area contributed by atoms with Crippen molar-refractivity contribution in [2.24, 2.45) is 16.6 Å². The Bertz CT molecular complexity index is 140. The molecule has 3 nitrogen and oxygen atoms in total. The van der Waals surface area contributed by atoms with Crippen LogP contribution in [0.3, 0.4) is 0 Å². The maximum atomic E-state index is 5.63. The molecule has 0 spiro atoms. The molecule has 0 aliphatic carbocycles. The van der Waals surface area contributed by atoms with Gasteiger partial charge in [0.15, 0.2) is 5.96 Å². The number of nitrogens with two attached hydrogens (primary N) is 1. The first-order valence-electron chi connectivity index (χ1n) is 3.95. The third kappa shape index (κ3) is 2.78. The Labute approximate surface area is 69.3 Å². The molecule has 0 aliphatic heterocycles. The zero-order valence-electron chi connectivity index (χ0n) is 8.13. The molecule has 0 saturated heterocycles. The second-order valence-corrected chi connectivity index (χ2v) is 3.18. The Morgan fingerprint density at radius 3 is 2.09 bits per heavy atom. The normalized spacial score (nSPS) is 15.3. The van der Waals surface area contributed by atoms with Crippen LogP contribution in [0, 0.1) is 5.92 Å². The molecular formula is C8H19N3. The van der Waals surface area contributed by atoms with E-state index in [9.17, 15) is 0 Å². The van der Waals surface area contributed by atoms with E-state index >= 15 is 0 Å². The fourth-order valence-corrected chi connectivity index (χ4v) is 0.814. The Morgan fingerprint density at radius 2 is 1.82 bits per heavy atom. The Hall–Kier alpha value is -0.730. The summed E-state index contributed by atoms with van der Waals surface area (Å²) in [6.07, 6.45) is 0. The second kappa shape index (κ2) is 4.21. The lowest BCUT2D eigenvalue weighted by Gasteiger charge is -2.28. The van der Waals surface area contributed by atoms with Crippen molar-refractivity contribution in [2.75, 3.05) is 14.1 Å². The van der Waals surface area contributed by atoms with E-state index in [2.05, 4.69) is 25.8 Å². The van der Waals surface area contributed by atoms with E-state index in [4.69, 9.17) is 5.73 Å². The van der Waals surface area contributed by atoms with Gasteiger partial charge in [0.25, 0.3) is 0 Å². The molecule has 0 aromatic heterocycles. The predicted molar refractivity (Wildman–Crippen MR) is 49.6 cm³/mol. The van der Waals surface area contributed by atoms with Gasteiger partial charge >= 0.3 is 0 Å². The minimum absolute atomic E-state index is 0.443. The molecule has 66 valence electrons. The number of hydrogen-bond donors (Lipinski definition) is 1. The summed E-state index contributed by atoms with van der Waals surface area (Å²) in [7, 11) is 3.67. The van der Waals surface area contributed by atoms with Gasteiger partial charge in [-0.3, -0.25) is 4.99 Å². The average Bonchev–Trinajstić information content (AvgIpc) is 2.00. The maximum Gasteiger partial charge on any atom is 0.190 e. The number of nitrogens with zero attached hydrogens (tertiary/aromatic N) is 2. The summed E-state index contributed by atoms with van der Waals surface area (Å²) in [6.45, 7) is 6.48. The van der Waals surface area contributed by atoms with Gasteiger partial charge in [0, 0.05) is 20.1 Å². The zero-order chi connectivity index (χ0) is 9.02. The van der Waals surface area contributed by atoms with Crippen molar-refractivity contribution in [3.63, 3.8) is 0 Å². The molecule has 0 aliphatic rings. The van der Waals surface area contributed by atoms with Gasteiger partial charge in [-0.05, 0) is 12.8 Å². The molecule has 11 heavy (non-hydrogen) atoms. The lowest BCUT2D eigenvalue weighted by atomic mass is 10.1. The highest BCUT2D eigenvalue weighted by molar-refractivity contribution is 5.77. The molecule has 0 radical (unpaired) electrons. The van der Waals surface area contributed by atoms with Crippen LogP contribution in [0.5, 0.6) is 0 Å². The van der Waals surface area contributed by atoms with Gasteiger partial charge in [-0.2, -0.15) is 0 Å². The van der Waals surface area contributed by atoms with Crippen LogP contribution < -0.4 is 5.73 Å². The summed E-state index contributed by atoms with van der Waals surface area (Å²) in [6, 6.07) is 0.443. The van der Waals surface area contributed by atoms with Gasteiger partial charge in [0.2, 0.25) is 0 Å². The maximum absolute atomic E-state index is 5.63. The largest absolute Gasteiger partial charge is 0.370 e. The SMILES string of the molecule is CN=C(N)N(C)C(C)C(C)C. The molecular weight excluding hydrogens is 138 g/mol. The molecule has 1 atom stereocenters. The molecule has 2 N–H and O–H groups in total. The van der Waals surface area contributed by atoms with Crippen molar-refractivity contribution in [1.82, 2.24) is 4.90 Å². The molecule has 0 aromatic carbocycles. The van der Waals surface area contributed by atoms with Gasteiger partial charge in [-0.25, -0.2) is 0 Å². The van der Waals surface area contributed by atoms with Crippen molar-refractivity contribution in [2.45, 2.75) is 26.8 Å². The van der Waals surface area contributed by atoms with Crippen LogP contribution >= 0.6 is 0 Å². The molecule has 0 rings (SSSR count). The van der Waals surface area contributed by atoms with E-state index in [-0.39, 0.29) is 0 Å². The van der Waals surface area contributed by atoms with Gasteiger partial charge in [0.1, 0.15) is 0 Å². The number of hydrogen-bond acceptors (Lipinski definition) is 1. The molecule has 0 amide bonds. The lowest BCUT2D eigenvalue weighted by molar-refractivity contribution is 0.306. The fraction of sp³-hybridized carbons (Fsp3) is 0.875. The molecule has 0 heterocycles.